The molecular formula is C18H15Cl2F2N5O3S. The van der Waals surface area contributed by atoms with Crippen molar-refractivity contribution in [3.63, 3.8) is 0 Å². The van der Waals surface area contributed by atoms with E-state index in [4.69, 9.17) is 28.3 Å². The van der Waals surface area contributed by atoms with Crippen LogP contribution in [0.2, 0.25) is 10.0 Å². The largest absolute Gasteiger partial charge is 0.351 e. The van der Waals surface area contributed by atoms with Crippen LogP contribution in [0, 0.1) is 5.82 Å². The van der Waals surface area contributed by atoms with Gasteiger partial charge in [-0.25, -0.2) is 18.9 Å². The first-order valence-corrected chi connectivity index (χ1v) is 11.1. The van der Waals surface area contributed by atoms with Crippen LogP contribution in [0.25, 0.3) is 10.9 Å². The third kappa shape index (κ3) is 3.66. The SMILES string of the molecule is Cn1cnc2ccc(Nc3c(F)ccc(C4C(F)CN4S(N)(=O)=O)c3Cl)c(Cl)c2c1=O. The fourth-order valence-electron chi connectivity index (χ4n) is 3.44. The summed E-state index contributed by atoms with van der Waals surface area (Å²) in [6.45, 7) is -0.424. The van der Waals surface area contributed by atoms with Crippen molar-refractivity contribution in [3.8, 4) is 0 Å². The number of benzene rings is 2. The molecule has 2 unspecified atom stereocenters. The monoisotopic (exact) mass is 489 g/mol. The second-order valence-electron chi connectivity index (χ2n) is 7.01. The molecule has 0 bridgehead atoms. The highest BCUT2D eigenvalue weighted by Gasteiger charge is 2.47. The summed E-state index contributed by atoms with van der Waals surface area (Å²) >= 11 is 12.7. The van der Waals surface area contributed by atoms with Gasteiger partial charge in [-0.05, 0) is 23.8 Å². The average molecular weight is 490 g/mol. The number of alkyl halides is 1. The average Bonchev–Trinajstić information content (AvgIpc) is 2.68. The van der Waals surface area contributed by atoms with E-state index in [1.807, 2.05) is 0 Å². The lowest BCUT2D eigenvalue weighted by atomic mass is 9.95. The fourth-order valence-corrected chi connectivity index (χ4v) is 4.95. The van der Waals surface area contributed by atoms with Gasteiger partial charge in [0.15, 0.2) is 0 Å². The van der Waals surface area contributed by atoms with Crippen molar-refractivity contribution < 1.29 is 17.2 Å². The van der Waals surface area contributed by atoms with Gasteiger partial charge < -0.3 is 9.88 Å². The number of anilines is 2. The molecule has 13 heteroatoms. The molecule has 0 saturated carbocycles. The molecule has 164 valence electrons. The first-order chi connectivity index (χ1) is 14.5. The van der Waals surface area contributed by atoms with E-state index in [1.54, 1.807) is 0 Å². The van der Waals surface area contributed by atoms with Crippen LogP contribution in [-0.4, -0.2) is 35.0 Å². The van der Waals surface area contributed by atoms with Crippen LogP contribution >= 0.6 is 23.2 Å². The molecule has 0 radical (unpaired) electrons. The molecular weight excluding hydrogens is 475 g/mol. The van der Waals surface area contributed by atoms with E-state index < -0.39 is 40.3 Å². The Bertz CT molecular complexity index is 1380. The van der Waals surface area contributed by atoms with Crippen LogP contribution in [0.5, 0.6) is 0 Å². The first-order valence-electron chi connectivity index (χ1n) is 8.83. The smallest absolute Gasteiger partial charge is 0.277 e. The van der Waals surface area contributed by atoms with Crippen molar-refractivity contribution in [1.29, 1.82) is 0 Å². The van der Waals surface area contributed by atoms with E-state index in [1.165, 1.54) is 36.1 Å². The normalized spacial score (nSPS) is 19.4. The number of hydrogen-bond acceptors (Lipinski definition) is 5. The first kappa shape index (κ1) is 21.9. The molecule has 1 fully saturated rings. The minimum atomic E-state index is -4.18. The highest BCUT2D eigenvalue weighted by molar-refractivity contribution is 7.86. The van der Waals surface area contributed by atoms with Crippen LogP contribution in [0.4, 0.5) is 20.2 Å². The fraction of sp³-hybridized carbons (Fsp3) is 0.222. The molecule has 2 aromatic carbocycles. The Hall–Kier alpha value is -2.31. The van der Waals surface area contributed by atoms with Crippen LogP contribution in [-0.2, 0) is 17.3 Å². The number of aryl methyl sites for hydroxylation is 1. The number of fused-ring (bicyclic) bond motifs is 1. The zero-order valence-electron chi connectivity index (χ0n) is 15.8. The number of hydrogen-bond donors (Lipinski definition) is 2. The lowest BCUT2D eigenvalue weighted by Gasteiger charge is -2.42. The number of aromatic nitrogens is 2. The molecule has 1 aliphatic rings. The van der Waals surface area contributed by atoms with Crippen molar-refractivity contribution in [2.75, 3.05) is 11.9 Å². The van der Waals surface area contributed by atoms with Crippen LogP contribution in [0.1, 0.15) is 11.6 Å². The van der Waals surface area contributed by atoms with Gasteiger partial charge in [-0.3, -0.25) is 4.79 Å². The molecule has 3 N–H and O–H groups in total. The minimum absolute atomic E-state index is 0.00903. The maximum absolute atomic E-state index is 14.6. The number of rotatable bonds is 4. The Morgan fingerprint density at radius 3 is 2.58 bits per heavy atom. The predicted octanol–water partition coefficient (Wildman–Crippen LogP) is 3.02. The Morgan fingerprint density at radius 2 is 1.94 bits per heavy atom. The third-order valence-corrected chi connectivity index (χ3v) is 6.89. The minimum Gasteiger partial charge on any atom is -0.351 e. The second-order valence-corrected chi connectivity index (χ2v) is 9.26. The van der Waals surface area contributed by atoms with Gasteiger partial charge in [0.2, 0.25) is 0 Å². The quantitative estimate of drug-likeness (QED) is 0.585. The summed E-state index contributed by atoms with van der Waals surface area (Å²) in [6.07, 6.45) is -0.218. The van der Waals surface area contributed by atoms with Crippen molar-refractivity contribution >= 4 is 55.7 Å². The van der Waals surface area contributed by atoms with Gasteiger partial charge in [0, 0.05) is 13.6 Å². The van der Waals surface area contributed by atoms with Gasteiger partial charge in [0.25, 0.3) is 15.8 Å². The van der Waals surface area contributed by atoms with E-state index in [9.17, 15) is 22.0 Å². The standard InChI is InChI=1S/C18H15Cl2F2N5O3S/c1-26-7-24-11-4-5-12(15(20)13(11)18(26)28)25-16-9(21)3-2-8(14(16)19)17-10(22)6-27(17)31(23,29)30/h2-5,7,10,17,25H,6H2,1H3,(H2,23,29,30). The Kier molecular flexibility index (Phi) is 5.42. The third-order valence-electron chi connectivity index (χ3n) is 5.06. The summed E-state index contributed by atoms with van der Waals surface area (Å²) in [5.74, 6) is -0.791. The zero-order chi connectivity index (χ0) is 22.7. The Balaban J connectivity index is 1.80. The Morgan fingerprint density at radius 1 is 1.23 bits per heavy atom. The van der Waals surface area contributed by atoms with Crippen LogP contribution in [0.15, 0.2) is 35.4 Å². The van der Waals surface area contributed by atoms with E-state index in [0.717, 1.165) is 10.4 Å². The summed E-state index contributed by atoms with van der Waals surface area (Å²) in [5, 5.41) is 7.71. The molecule has 1 saturated heterocycles. The van der Waals surface area contributed by atoms with Crippen molar-refractivity contribution in [2.45, 2.75) is 12.2 Å². The topological polar surface area (TPSA) is 110 Å². The molecule has 2 atom stereocenters. The molecule has 1 aliphatic heterocycles. The van der Waals surface area contributed by atoms with Gasteiger partial charge in [0.1, 0.15) is 12.0 Å². The van der Waals surface area contributed by atoms with Crippen LogP contribution < -0.4 is 16.0 Å². The summed E-state index contributed by atoms with van der Waals surface area (Å²) < 4.78 is 54.1. The summed E-state index contributed by atoms with van der Waals surface area (Å²) in [7, 11) is -2.67. The highest BCUT2D eigenvalue weighted by Crippen LogP contribution is 2.44. The molecule has 2 heterocycles. The summed E-state index contributed by atoms with van der Waals surface area (Å²) in [5.41, 5.74) is -0.122. The lowest BCUT2D eigenvalue weighted by molar-refractivity contribution is 0.0604. The van der Waals surface area contributed by atoms with Crippen LogP contribution in [0.3, 0.4) is 0 Å². The Labute approximate surface area is 185 Å². The number of nitrogens with two attached hydrogens (primary N) is 1. The van der Waals surface area contributed by atoms with Crippen molar-refractivity contribution in [1.82, 2.24) is 13.9 Å². The number of nitrogens with zero attached hydrogens (tertiary/aromatic N) is 3. The number of halogens is 4. The van der Waals surface area contributed by atoms with Gasteiger partial charge >= 0.3 is 0 Å². The molecule has 31 heavy (non-hydrogen) atoms. The van der Waals surface area contributed by atoms with E-state index in [2.05, 4.69) is 10.3 Å². The van der Waals surface area contributed by atoms with Gasteiger partial charge in [0.05, 0.1) is 44.7 Å². The molecule has 0 amide bonds. The molecule has 8 nitrogen and oxygen atoms in total. The van der Waals surface area contributed by atoms with Crippen molar-refractivity contribution in [3.05, 3.63) is 62.4 Å². The summed E-state index contributed by atoms with van der Waals surface area (Å²) in [4.78, 5) is 16.6. The molecule has 4 rings (SSSR count). The van der Waals surface area contributed by atoms with E-state index in [-0.39, 0.29) is 32.4 Å². The summed E-state index contributed by atoms with van der Waals surface area (Å²) in [6, 6.07) is 3.93. The zero-order valence-corrected chi connectivity index (χ0v) is 18.1. The second kappa shape index (κ2) is 7.68. The predicted molar refractivity (Wildman–Crippen MR) is 114 cm³/mol. The van der Waals surface area contributed by atoms with E-state index in [0.29, 0.717) is 5.52 Å². The number of nitrogens with one attached hydrogen (secondary N) is 1. The van der Waals surface area contributed by atoms with Gasteiger partial charge in [-0.15, -0.1) is 0 Å². The highest BCUT2D eigenvalue weighted by atomic mass is 35.5. The lowest BCUT2D eigenvalue weighted by Crippen LogP contribution is -2.56. The molecule has 1 aromatic heterocycles. The molecule has 3 aromatic rings. The maximum atomic E-state index is 14.6. The van der Waals surface area contributed by atoms with Gasteiger partial charge in [-0.1, -0.05) is 29.3 Å². The van der Waals surface area contributed by atoms with Gasteiger partial charge in [-0.2, -0.15) is 12.7 Å². The molecule has 0 aliphatic carbocycles. The van der Waals surface area contributed by atoms with E-state index >= 15 is 0 Å². The molecule has 0 spiro atoms. The van der Waals surface area contributed by atoms with Crippen molar-refractivity contribution in [2.24, 2.45) is 12.2 Å². The maximum Gasteiger partial charge on any atom is 0.277 e.